The van der Waals surface area contributed by atoms with Gasteiger partial charge in [-0.1, -0.05) is 6.07 Å². The number of hydrogen-bond donors (Lipinski definition) is 1. The van der Waals surface area contributed by atoms with Crippen molar-refractivity contribution in [1.82, 2.24) is 24.7 Å². The van der Waals surface area contributed by atoms with Crippen LogP contribution in [-0.2, 0) is 6.54 Å². The molecule has 0 aliphatic heterocycles. The molecule has 1 amide bonds. The molecule has 150 valence electrons. The van der Waals surface area contributed by atoms with Crippen LogP contribution in [0, 0.1) is 19.7 Å². The van der Waals surface area contributed by atoms with Crippen molar-refractivity contribution in [2.75, 3.05) is 0 Å². The number of carbonyl (C=O) groups excluding carboxylic acids is 1. The first kappa shape index (κ1) is 19.4. The van der Waals surface area contributed by atoms with Crippen LogP contribution in [0.15, 0.2) is 55.0 Å². The molecule has 7 nitrogen and oxygen atoms in total. The summed E-state index contributed by atoms with van der Waals surface area (Å²) in [5, 5.41) is 4.24. The first-order valence-electron chi connectivity index (χ1n) is 9.29. The van der Waals surface area contributed by atoms with Gasteiger partial charge in [-0.15, -0.1) is 0 Å². The number of rotatable bonds is 5. The molecule has 2 N–H and O–H groups in total. The molecule has 0 spiro atoms. The zero-order chi connectivity index (χ0) is 21.3. The Morgan fingerprint density at radius 1 is 1.07 bits per heavy atom. The van der Waals surface area contributed by atoms with E-state index < -0.39 is 11.7 Å². The summed E-state index contributed by atoms with van der Waals surface area (Å²) in [4.78, 5) is 24.5. The molecule has 4 heterocycles. The summed E-state index contributed by atoms with van der Waals surface area (Å²) in [7, 11) is 0. The van der Waals surface area contributed by atoms with Gasteiger partial charge in [0.25, 0.3) is 5.91 Å². The van der Waals surface area contributed by atoms with Gasteiger partial charge in [-0.3, -0.25) is 24.4 Å². The zero-order valence-electron chi connectivity index (χ0n) is 16.5. The number of nitrogens with two attached hydrogens (primary N) is 1. The van der Waals surface area contributed by atoms with Crippen LogP contribution in [0.1, 0.15) is 27.3 Å². The smallest absolute Gasteiger partial charge is 0.269 e. The Hall–Kier alpha value is -3.94. The normalized spacial score (nSPS) is 10.9. The van der Waals surface area contributed by atoms with Crippen molar-refractivity contribution < 1.29 is 9.18 Å². The van der Waals surface area contributed by atoms with E-state index in [0.29, 0.717) is 5.69 Å². The third-order valence-electron chi connectivity index (χ3n) is 4.67. The number of aryl methyl sites for hydroxylation is 2. The second-order valence-corrected chi connectivity index (χ2v) is 6.97. The molecular formula is C22H19FN6O. The van der Waals surface area contributed by atoms with Gasteiger partial charge in [-0.25, -0.2) is 4.39 Å². The van der Waals surface area contributed by atoms with E-state index in [1.165, 1.54) is 29.1 Å². The number of pyridine rings is 3. The minimum atomic E-state index is -0.691. The van der Waals surface area contributed by atoms with E-state index in [4.69, 9.17) is 5.73 Å². The van der Waals surface area contributed by atoms with Crippen LogP contribution < -0.4 is 5.73 Å². The van der Waals surface area contributed by atoms with Crippen molar-refractivity contribution in [2.24, 2.45) is 5.73 Å². The Labute approximate surface area is 172 Å². The molecule has 4 aromatic rings. The molecule has 0 aliphatic carbocycles. The number of hydrogen-bond acceptors (Lipinski definition) is 5. The van der Waals surface area contributed by atoms with Crippen LogP contribution in [0.2, 0.25) is 0 Å². The summed E-state index contributed by atoms with van der Waals surface area (Å²) in [6.45, 7) is 4.18. The summed E-state index contributed by atoms with van der Waals surface area (Å²) in [5.41, 5.74) is 10.5. The Morgan fingerprint density at radius 3 is 2.60 bits per heavy atom. The van der Waals surface area contributed by atoms with Crippen molar-refractivity contribution in [3.05, 3.63) is 83.3 Å². The highest BCUT2D eigenvalue weighted by Gasteiger charge is 2.18. The summed E-state index contributed by atoms with van der Waals surface area (Å²) < 4.78 is 15.8. The molecule has 0 bridgehead atoms. The maximum absolute atomic E-state index is 14.3. The molecule has 0 aliphatic rings. The second kappa shape index (κ2) is 7.82. The van der Waals surface area contributed by atoms with Gasteiger partial charge in [0.1, 0.15) is 5.69 Å². The van der Waals surface area contributed by atoms with E-state index in [0.717, 1.165) is 28.1 Å². The first-order chi connectivity index (χ1) is 14.4. The van der Waals surface area contributed by atoms with Crippen LogP contribution in [0.25, 0.3) is 22.6 Å². The highest BCUT2D eigenvalue weighted by molar-refractivity contribution is 5.91. The largest absolute Gasteiger partial charge is 0.364 e. The van der Waals surface area contributed by atoms with Crippen LogP contribution in [0.3, 0.4) is 0 Å². The summed E-state index contributed by atoms with van der Waals surface area (Å²) in [6.07, 6.45) is 4.97. The Balaban J connectivity index is 1.72. The van der Waals surface area contributed by atoms with Gasteiger partial charge in [0, 0.05) is 29.8 Å². The lowest BCUT2D eigenvalue weighted by molar-refractivity contribution is 0.0995. The molecule has 0 saturated heterocycles. The minimum absolute atomic E-state index is 0.0450. The standard InChI is InChI=1S/C22H19FN6O/c1-13-8-15(11-27-20(13)16-5-7-25-14(2)9-16)12-29-19(10-18(28-29)22(24)30)21-17(23)4-3-6-26-21/h3-11H,12H2,1-2H3,(H2,24,30). The number of nitrogens with zero attached hydrogens (tertiary/aromatic N) is 5. The average molecular weight is 402 g/mol. The predicted octanol–water partition coefficient (Wildman–Crippen LogP) is 3.31. The van der Waals surface area contributed by atoms with Gasteiger partial charge < -0.3 is 5.73 Å². The van der Waals surface area contributed by atoms with Gasteiger partial charge >= 0.3 is 0 Å². The number of carbonyl (C=O) groups is 1. The van der Waals surface area contributed by atoms with E-state index in [9.17, 15) is 9.18 Å². The third-order valence-corrected chi connectivity index (χ3v) is 4.67. The predicted molar refractivity (Wildman–Crippen MR) is 110 cm³/mol. The van der Waals surface area contributed by atoms with Gasteiger partial charge in [-0.2, -0.15) is 5.10 Å². The van der Waals surface area contributed by atoms with Crippen molar-refractivity contribution >= 4 is 5.91 Å². The molecule has 8 heteroatoms. The Morgan fingerprint density at radius 2 is 1.90 bits per heavy atom. The van der Waals surface area contributed by atoms with E-state index in [2.05, 4.69) is 20.1 Å². The van der Waals surface area contributed by atoms with Crippen LogP contribution in [0.4, 0.5) is 4.39 Å². The molecule has 0 saturated carbocycles. The van der Waals surface area contributed by atoms with Crippen molar-refractivity contribution in [2.45, 2.75) is 20.4 Å². The fraction of sp³-hybridized carbons (Fsp3) is 0.136. The van der Waals surface area contributed by atoms with Gasteiger partial charge in [0.15, 0.2) is 11.5 Å². The third kappa shape index (κ3) is 3.80. The SMILES string of the molecule is Cc1cc(-c2ncc(Cn3nc(C(N)=O)cc3-c3ncccc3F)cc2C)ccn1. The Kier molecular flexibility index (Phi) is 5.05. The topological polar surface area (TPSA) is 99.6 Å². The number of primary amides is 1. The Bertz CT molecular complexity index is 1250. The zero-order valence-corrected chi connectivity index (χ0v) is 16.5. The molecule has 0 atom stereocenters. The second-order valence-electron chi connectivity index (χ2n) is 6.97. The quantitative estimate of drug-likeness (QED) is 0.552. The number of amides is 1. The minimum Gasteiger partial charge on any atom is -0.364 e. The lowest BCUT2D eigenvalue weighted by atomic mass is 10.1. The van der Waals surface area contributed by atoms with Crippen molar-refractivity contribution in [3.8, 4) is 22.6 Å². The molecule has 4 rings (SSSR count). The fourth-order valence-electron chi connectivity index (χ4n) is 3.31. The molecule has 0 radical (unpaired) electrons. The van der Waals surface area contributed by atoms with Gasteiger partial charge in [-0.05, 0) is 55.3 Å². The molecular weight excluding hydrogens is 383 g/mol. The van der Waals surface area contributed by atoms with Gasteiger partial charge in [0.05, 0.1) is 17.9 Å². The lowest BCUT2D eigenvalue weighted by Gasteiger charge is -2.11. The van der Waals surface area contributed by atoms with Crippen LogP contribution in [0.5, 0.6) is 0 Å². The maximum Gasteiger partial charge on any atom is 0.269 e. The molecule has 30 heavy (non-hydrogen) atoms. The first-order valence-corrected chi connectivity index (χ1v) is 9.29. The molecule has 0 unspecified atom stereocenters. The fourth-order valence-corrected chi connectivity index (χ4v) is 3.31. The highest BCUT2D eigenvalue weighted by atomic mass is 19.1. The average Bonchev–Trinajstić information content (AvgIpc) is 3.12. The molecule has 0 aromatic carbocycles. The lowest BCUT2D eigenvalue weighted by Crippen LogP contribution is -2.13. The summed E-state index contributed by atoms with van der Waals surface area (Å²) >= 11 is 0. The molecule has 4 aromatic heterocycles. The summed E-state index contributed by atoms with van der Waals surface area (Å²) in [6, 6.07) is 10.1. The highest BCUT2D eigenvalue weighted by Crippen LogP contribution is 2.25. The van der Waals surface area contributed by atoms with Gasteiger partial charge in [0.2, 0.25) is 0 Å². The molecule has 0 fully saturated rings. The maximum atomic E-state index is 14.3. The number of aromatic nitrogens is 5. The van der Waals surface area contributed by atoms with E-state index in [1.807, 2.05) is 32.0 Å². The van der Waals surface area contributed by atoms with E-state index in [1.54, 1.807) is 12.4 Å². The van der Waals surface area contributed by atoms with E-state index in [-0.39, 0.29) is 17.9 Å². The summed E-state index contributed by atoms with van der Waals surface area (Å²) in [5.74, 6) is -1.20. The van der Waals surface area contributed by atoms with Crippen LogP contribution in [-0.4, -0.2) is 30.6 Å². The van der Waals surface area contributed by atoms with Crippen LogP contribution >= 0.6 is 0 Å². The monoisotopic (exact) mass is 402 g/mol. The number of halogens is 1. The van der Waals surface area contributed by atoms with Crippen molar-refractivity contribution in [3.63, 3.8) is 0 Å². The van der Waals surface area contributed by atoms with E-state index >= 15 is 0 Å². The van der Waals surface area contributed by atoms with Crippen molar-refractivity contribution in [1.29, 1.82) is 0 Å².